The van der Waals surface area contributed by atoms with Crippen LogP contribution in [0.15, 0.2) is 66.3 Å². The molecule has 0 aliphatic carbocycles. The highest BCUT2D eigenvalue weighted by atomic mass is 19.1. The number of nitrogens with zero attached hydrogens (tertiary/aromatic N) is 7. The van der Waals surface area contributed by atoms with Gasteiger partial charge in [-0.2, -0.15) is 5.10 Å². The number of anilines is 1. The number of halogens is 1. The molecule has 3 aromatic heterocycles. The normalized spacial score (nSPS) is 15.2. The van der Waals surface area contributed by atoms with E-state index >= 15 is 0 Å². The molecule has 0 unspecified atom stereocenters. The van der Waals surface area contributed by atoms with Gasteiger partial charge in [0.1, 0.15) is 12.2 Å². The maximum absolute atomic E-state index is 13.2. The fourth-order valence-electron chi connectivity index (χ4n) is 4.28. The summed E-state index contributed by atoms with van der Waals surface area (Å²) in [6, 6.07) is 7.74. The Morgan fingerprint density at radius 2 is 1.81 bits per heavy atom. The van der Waals surface area contributed by atoms with Crippen LogP contribution in [0, 0.1) is 11.2 Å². The number of H-pyrrole nitrogens is 1. The van der Waals surface area contributed by atoms with Gasteiger partial charge in [-0.05, 0) is 23.8 Å². The van der Waals surface area contributed by atoms with Gasteiger partial charge in [0.25, 0.3) is 0 Å². The van der Waals surface area contributed by atoms with Crippen molar-refractivity contribution in [1.29, 1.82) is 5.41 Å². The summed E-state index contributed by atoms with van der Waals surface area (Å²) in [4.78, 5) is 21.0. The molecule has 4 N–H and O–H groups in total. The van der Waals surface area contributed by atoms with Gasteiger partial charge in [0.05, 0.1) is 17.9 Å². The molecule has 11 heteroatoms. The molecule has 0 saturated carbocycles. The minimum absolute atomic E-state index is 0.296. The van der Waals surface area contributed by atoms with Crippen LogP contribution in [0.1, 0.15) is 22.9 Å². The fraction of sp³-hybridized carbons (Fsp3) is 0.240. The molecular formula is C25H27FN10. The number of nitrogens with one attached hydrogen (secondary N) is 2. The van der Waals surface area contributed by atoms with E-state index in [0.717, 1.165) is 40.1 Å². The molecule has 0 spiro atoms. The number of rotatable bonds is 6. The van der Waals surface area contributed by atoms with Crippen molar-refractivity contribution >= 4 is 18.1 Å². The highest BCUT2D eigenvalue weighted by molar-refractivity contribution is 6.01. The third-order valence-electron chi connectivity index (χ3n) is 6.26. The second kappa shape index (κ2) is 10.1. The fourth-order valence-corrected chi connectivity index (χ4v) is 4.28. The third kappa shape index (κ3) is 4.86. The maximum atomic E-state index is 13.2. The van der Waals surface area contributed by atoms with Gasteiger partial charge in [0.2, 0.25) is 5.95 Å². The summed E-state index contributed by atoms with van der Waals surface area (Å²) < 4.78 is 15.0. The summed E-state index contributed by atoms with van der Waals surface area (Å²) in [5.74, 6) is 1.06. The second-order valence-electron chi connectivity index (χ2n) is 8.61. The Morgan fingerprint density at radius 3 is 2.44 bits per heavy atom. The minimum Gasteiger partial charge on any atom is -0.358 e. The van der Waals surface area contributed by atoms with E-state index in [9.17, 15) is 4.39 Å². The number of nitrogens with two attached hydrogens (primary N) is 1. The standard InChI is InChI=1S/C25H27FN10/c1-34-15-20(14-33-34)18-10-22(29-11-18)24(32-16-27)35-6-8-36(9-7-35)25-30-12-19(13-31-25)23(28)17-2-4-21(26)5-3-17/h2-5,10-16,23,27,29H,6-9,28H2,1H3/t23-/m1/s1. The van der Waals surface area contributed by atoms with Crippen LogP contribution >= 0.6 is 0 Å². The number of benzene rings is 1. The molecule has 1 fully saturated rings. The maximum Gasteiger partial charge on any atom is 0.225 e. The smallest absolute Gasteiger partial charge is 0.225 e. The van der Waals surface area contributed by atoms with Crippen molar-refractivity contribution < 1.29 is 4.39 Å². The Bertz CT molecular complexity index is 1350. The lowest BCUT2D eigenvalue weighted by molar-refractivity contribution is 0.383. The van der Waals surface area contributed by atoms with Gasteiger partial charge in [-0.3, -0.25) is 10.1 Å². The topological polar surface area (TPSA) is 128 Å². The molecule has 1 aromatic carbocycles. The van der Waals surface area contributed by atoms with Gasteiger partial charge in [-0.1, -0.05) is 12.1 Å². The summed E-state index contributed by atoms with van der Waals surface area (Å²) >= 11 is 0. The van der Waals surface area contributed by atoms with E-state index < -0.39 is 6.04 Å². The number of hydrogen-bond acceptors (Lipinski definition) is 6. The SMILES string of the molecule is Cn1cc(-c2c[nH]c(C(=NC=N)N3CCN(c4ncc([C@H](N)c5ccc(F)cc5)cn4)CC3)c2)cn1. The van der Waals surface area contributed by atoms with Crippen molar-refractivity contribution in [1.82, 2.24) is 29.6 Å². The number of piperazine rings is 1. The predicted octanol–water partition coefficient (Wildman–Crippen LogP) is 2.57. The Balaban J connectivity index is 1.24. The van der Waals surface area contributed by atoms with Crippen LogP contribution in [0.4, 0.5) is 10.3 Å². The molecular weight excluding hydrogens is 459 g/mol. The van der Waals surface area contributed by atoms with Gasteiger partial charge in [0, 0.05) is 74.7 Å². The number of amidine groups is 1. The summed E-state index contributed by atoms with van der Waals surface area (Å²) in [5, 5.41) is 11.8. The molecule has 1 atom stereocenters. The van der Waals surface area contributed by atoms with E-state index in [-0.39, 0.29) is 5.82 Å². The lowest BCUT2D eigenvalue weighted by Crippen LogP contribution is -2.49. The molecule has 5 rings (SSSR count). The molecule has 1 saturated heterocycles. The Labute approximate surface area is 207 Å². The lowest BCUT2D eigenvalue weighted by Gasteiger charge is -2.36. The van der Waals surface area contributed by atoms with Crippen molar-refractivity contribution in [3.8, 4) is 11.1 Å². The quantitative estimate of drug-likeness (QED) is 0.284. The van der Waals surface area contributed by atoms with E-state index in [1.165, 1.54) is 12.1 Å². The summed E-state index contributed by atoms with van der Waals surface area (Å²) in [6.07, 6.45) is 10.2. The summed E-state index contributed by atoms with van der Waals surface area (Å²) in [7, 11) is 1.88. The van der Waals surface area contributed by atoms with Gasteiger partial charge >= 0.3 is 0 Å². The van der Waals surface area contributed by atoms with Crippen LogP contribution < -0.4 is 10.6 Å². The summed E-state index contributed by atoms with van der Waals surface area (Å²) in [5.41, 5.74) is 10.8. The number of hydrogen-bond donors (Lipinski definition) is 3. The van der Waals surface area contributed by atoms with Gasteiger partial charge in [0.15, 0.2) is 5.84 Å². The van der Waals surface area contributed by atoms with Crippen LogP contribution in [0.2, 0.25) is 0 Å². The number of aromatic amines is 1. The highest BCUT2D eigenvalue weighted by Crippen LogP contribution is 2.22. The molecule has 1 aliphatic heterocycles. The average Bonchev–Trinajstić information content (AvgIpc) is 3.57. The Kier molecular flexibility index (Phi) is 6.54. The first-order chi connectivity index (χ1) is 17.5. The number of aryl methyl sites for hydroxylation is 1. The average molecular weight is 487 g/mol. The molecule has 4 aromatic rings. The van der Waals surface area contributed by atoms with E-state index in [2.05, 4.69) is 34.8 Å². The molecule has 0 amide bonds. The highest BCUT2D eigenvalue weighted by Gasteiger charge is 2.23. The third-order valence-corrected chi connectivity index (χ3v) is 6.26. The zero-order chi connectivity index (χ0) is 25.1. The first-order valence-corrected chi connectivity index (χ1v) is 11.6. The van der Waals surface area contributed by atoms with Crippen molar-refractivity contribution in [3.63, 3.8) is 0 Å². The van der Waals surface area contributed by atoms with E-state index in [1.807, 2.05) is 31.7 Å². The van der Waals surface area contributed by atoms with E-state index in [1.54, 1.807) is 29.2 Å². The lowest BCUT2D eigenvalue weighted by atomic mass is 10.0. The predicted molar refractivity (Wildman–Crippen MR) is 137 cm³/mol. The van der Waals surface area contributed by atoms with Gasteiger partial charge in [-0.25, -0.2) is 19.4 Å². The molecule has 0 bridgehead atoms. The first kappa shape index (κ1) is 23.4. The van der Waals surface area contributed by atoms with E-state index in [4.69, 9.17) is 11.1 Å². The largest absolute Gasteiger partial charge is 0.358 e. The van der Waals surface area contributed by atoms with Crippen molar-refractivity contribution in [2.75, 3.05) is 31.1 Å². The minimum atomic E-state index is -0.422. The number of aromatic nitrogens is 5. The molecule has 184 valence electrons. The van der Waals surface area contributed by atoms with Crippen LogP contribution in [0.5, 0.6) is 0 Å². The van der Waals surface area contributed by atoms with Gasteiger partial charge < -0.3 is 20.5 Å². The van der Waals surface area contributed by atoms with Gasteiger partial charge in [-0.15, -0.1) is 0 Å². The molecule has 4 heterocycles. The van der Waals surface area contributed by atoms with Crippen LogP contribution in [0.3, 0.4) is 0 Å². The number of aliphatic imine (C=N–C) groups is 1. The monoisotopic (exact) mass is 486 g/mol. The van der Waals surface area contributed by atoms with Crippen molar-refractivity contribution in [2.24, 2.45) is 17.8 Å². The van der Waals surface area contributed by atoms with Crippen LogP contribution in [-0.2, 0) is 7.05 Å². The first-order valence-electron chi connectivity index (χ1n) is 11.6. The Morgan fingerprint density at radius 1 is 1.08 bits per heavy atom. The van der Waals surface area contributed by atoms with Crippen molar-refractivity contribution in [3.05, 3.63) is 84.0 Å². The van der Waals surface area contributed by atoms with Crippen LogP contribution in [-0.4, -0.2) is 68.0 Å². The second-order valence-corrected chi connectivity index (χ2v) is 8.61. The molecule has 1 aliphatic rings. The van der Waals surface area contributed by atoms with E-state index in [0.29, 0.717) is 32.1 Å². The zero-order valence-corrected chi connectivity index (χ0v) is 19.8. The molecule has 36 heavy (non-hydrogen) atoms. The molecule has 0 radical (unpaired) electrons. The van der Waals surface area contributed by atoms with Crippen molar-refractivity contribution in [2.45, 2.75) is 6.04 Å². The molecule has 10 nitrogen and oxygen atoms in total. The summed E-state index contributed by atoms with van der Waals surface area (Å²) in [6.45, 7) is 2.81. The zero-order valence-electron chi connectivity index (χ0n) is 19.8. The van der Waals surface area contributed by atoms with Crippen LogP contribution in [0.25, 0.3) is 11.1 Å². The Hall–Kier alpha value is -4.38.